The van der Waals surface area contributed by atoms with E-state index in [1.54, 1.807) is 0 Å². The van der Waals surface area contributed by atoms with E-state index in [4.69, 9.17) is 15.9 Å². The Morgan fingerprint density at radius 2 is 1.92 bits per heavy atom. The number of rotatable bonds is 1. The Bertz CT molecular complexity index is 301. The molecule has 0 saturated carbocycles. The number of phenols is 2. The first-order chi connectivity index (χ1) is 5.13. The summed E-state index contributed by atoms with van der Waals surface area (Å²) >= 11 is 0. The lowest BCUT2D eigenvalue weighted by atomic mass is 10.2. The Labute approximate surface area is 75.0 Å². The highest BCUT2D eigenvalue weighted by atomic mass is 35.5. The summed E-state index contributed by atoms with van der Waals surface area (Å²) in [6.45, 7) is 0. The predicted octanol–water partition coefficient (Wildman–Crippen LogP) is 0.618. The molecule has 5 heteroatoms. The van der Waals surface area contributed by atoms with Gasteiger partial charge in [-0.25, -0.2) is 0 Å². The molecule has 12 heavy (non-hydrogen) atoms. The van der Waals surface area contributed by atoms with Crippen LogP contribution in [0.15, 0.2) is 18.2 Å². The summed E-state index contributed by atoms with van der Waals surface area (Å²) in [5, 5.41) is 17.9. The zero-order chi connectivity index (χ0) is 8.43. The molecule has 0 aromatic heterocycles. The van der Waals surface area contributed by atoms with Crippen LogP contribution >= 0.6 is 12.4 Å². The molecule has 0 unspecified atom stereocenters. The highest BCUT2D eigenvalue weighted by Gasteiger charge is 2.09. The van der Waals surface area contributed by atoms with E-state index in [2.05, 4.69) is 0 Å². The van der Waals surface area contributed by atoms with Crippen LogP contribution in [0.1, 0.15) is 10.4 Å². The predicted molar refractivity (Wildman–Crippen MR) is 45.5 cm³/mol. The van der Waals surface area contributed by atoms with Gasteiger partial charge in [0.1, 0.15) is 0 Å². The lowest BCUT2D eigenvalue weighted by molar-refractivity contribution is 0.0997. The second-order valence-electron chi connectivity index (χ2n) is 2.04. The molecule has 0 spiro atoms. The Balaban J connectivity index is 0.00000121. The van der Waals surface area contributed by atoms with Crippen molar-refractivity contribution in [1.82, 2.24) is 0 Å². The summed E-state index contributed by atoms with van der Waals surface area (Å²) in [7, 11) is 0. The van der Waals surface area contributed by atoms with Crippen LogP contribution in [0.4, 0.5) is 0 Å². The molecular weight excluding hydrogens is 182 g/mol. The molecule has 0 aliphatic heterocycles. The smallest absolute Gasteiger partial charge is 0.252 e. The quantitative estimate of drug-likeness (QED) is 0.567. The van der Waals surface area contributed by atoms with Gasteiger partial charge in [0.05, 0.1) is 5.56 Å². The highest BCUT2D eigenvalue weighted by Crippen LogP contribution is 2.27. The fraction of sp³-hybridized carbons (Fsp3) is 0. The van der Waals surface area contributed by atoms with Gasteiger partial charge in [-0.15, -0.1) is 12.4 Å². The second kappa shape index (κ2) is 3.82. The van der Waals surface area contributed by atoms with Gasteiger partial charge in [-0.3, -0.25) is 4.79 Å². The third-order valence-corrected chi connectivity index (χ3v) is 1.28. The average molecular weight is 190 g/mol. The van der Waals surface area contributed by atoms with E-state index in [-0.39, 0.29) is 23.7 Å². The molecule has 66 valence electrons. The molecule has 0 saturated heterocycles. The zero-order valence-corrected chi connectivity index (χ0v) is 6.84. The third kappa shape index (κ3) is 1.79. The van der Waals surface area contributed by atoms with Crippen LogP contribution in [0.3, 0.4) is 0 Å². The van der Waals surface area contributed by atoms with E-state index in [0.717, 1.165) is 0 Å². The van der Waals surface area contributed by atoms with Gasteiger partial charge in [-0.1, -0.05) is 6.07 Å². The molecule has 0 aliphatic rings. The molecule has 1 amide bonds. The van der Waals surface area contributed by atoms with Gasteiger partial charge >= 0.3 is 0 Å². The Hall–Kier alpha value is -1.42. The van der Waals surface area contributed by atoms with Crippen molar-refractivity contribution >= 4 is 18.3 Å². The minimum absolute atomic E-state index is 0. The molecule has 0 fully saturated rings. The number of aromatic hydroxyl groups is 2. The summed E-state index contributed by atoms with van der Waals surface area (Å²) < 4.78 is 0. The Morgan fingerprint density at radius 3 is 2.33 bits per heavy atom. The number of hydrogen-bond acceptors (Lipinski definition) is 3. The van der Waals surface area contributed by atoms with Crippen LogP contribution in [0.5, 0.6) is 11.5 Å². The van der Waals surface area contributed by atoms with Crippen molar-refractivity contribution in [2.45, 2.75) is 0 Å². The van der Waals surface area contributed by atoms with Crippen molar-refractivity contribution in [2.75, 3.05) is 0 Å². The van der Waals surface area contributed by atoms with E-state index < -0.39 is 11.7 Å². The van der Waals surface area contributed by atoms with Crippen molar-refractivity contribution in [3.63, 3.8) is 0 Å². The van der Waals surface area contributed by atoms with Gasteiger partial charge in [0.15, 0.2) is 11.5 Å². The van der Waals surface area contributed by atoms with Crippen LogP contribution < -0.4 is 5.73 Å². The molecule has 1 rings (SSSR count). The van der Waals surface area contributed by atoms with E-state index in [9.17, 15) is 4.79 Å². The SMILES string of the molecule is Cl.NC(=O)c1cccc(O)c1O. The van der Waals surface area contributed by atoms with Gasteiger partial charge in [0.2, 0.25) is 0 Å². The number of carbonyl (C=O) groups excluding carboxylic acids is 1. The number of phenolic OH excluding ortho intramolecular Hbond substituents is 1. The van der Waals surface area contributed by atoms with Crippen LogP contribution in [0, 0.1) is 0 Å². The van der Waals surface area contributed by atoms with Crippen LogP contribution in [0.25, 0.3) is 0 Å². The van der Waals surface area contributed by atoms with Crippen molar-refractivity contribution in [1.29, 1.82) is 0 Å². The molecule has 0 aliphatic carbocycles. The largest absolute Gasteiger partial charge is 0.504 e. The summed E-state index contributed by atoms with van der Waals surface area (Å²) in [6.07, 6.45) is 0. The second-order valence-corrected chi connectivity index (χ2v) is 2.04. The van der Waals surface area contributed by atoms with Crippen molar-refractivity contribution in [2.24, 2.45) is 5.73 Å². The molecule has 1 aromatic carbocycles. The number of benzene rings is 1. The fourth-order valence-corrected chi connectivity index (χ4v) is 0.730. The van der Waals surface area contributed by atoms with Crippen LogP contribution in [-0.4, -0.2) is 16.1 Å². The van der Waals surface area contributed by atoms with Crippen LogP contribution in [-0.2, 0) is 0 Å². The van der Waals surface area contributed by atoms with E-state index in [1.165, 1.54) is 18.2 Å². The molecule has 0 radical (unpaired) electrons. The number of nitrogens with two attached hydrogens (primary N) is 1. The summed E-state index contributed by atoms with van der Waals surface area (Å²) in [4.78, 5) is 10.5. The van der Waals surface area contributed by atoms with E-state index in [0.29, 0.717) is 0 Å². The Kier molecular flexibility index (Phi) is 3.37. The lowest BCUT2D eigenvalue weighted by Crippen LogP contribution is -2.10. The van der Waals surface area contributed by atoms with Gasteiger partial charge < -0.3 is 15.9 Å². The Morgan fingerprint density at radius 1 is 1.33 bits per heavy atom. The summed E-state index contributed by atoms with van der Waals surface area (Å²) in [6, 6.07) is 4.02. The molecule has 4 nitrogen and oxygen atoms in total. The van der Waals surface area contributed by atoms with Gasteiger partial charge in [-0.05, 0) is 12.1 Å². The molecule has 1 aromatic rings. The van der Waals surface area contributed by atoms with E-state index >= 15 is 0 Å². The van der Waals surface area contributed by atoms with Crippen LogP contribution in [0.2, 0.25) is 0 Å². The number of carbonyl (C=O) groups is 1. The highest BCUT2D eigenvalue weighted by molar-refractivity contribution is 5.96. The molecule has 0 atom stereocenters. The minimum atomic E-state index is -0.765. The van der Waals surface area contributed by atoms with Gasteiger partial charge in [0.25, 0.3) is 5.91 Å². The maximum absolute atomic E-state index is 10.5. The first kappa shape index (κ1) is 10.6. The third-order valence-electron chi connectivity index (χ3n) is 1.28. The monoisotopic (exact) mass is 189 g/mol. The number of hydrogen-bond donors (Lipinski definition) is 3. The average Bonchev–Trinajstić information content (AvgIpc) is 1.94. The van der Waals surface area contributed by atoms with Crippen molar-refractivity contribution < 1.29 is 15.0 Å². The molecular formula is C7H8ClNO3. The van der Waals surface area contributed by atoms with E-state index in [1.807, 2.05) is 0 Å². The van der Waals surface area contributed by atoms with Gasteiger partial charge in [-0.2, -0.15) is 0 Å². The number of para-hydroxylation sites is 1. The lowest BCUT2D eigenvalue weighted by Gasteiger charge is -2.00. The number of amides is 1. The first-order valence-corrected chi connectivity index (χ1v) is 2.93. The summed E-state index contributed by atoms with van der Waals surface area (Å²) in [5.74, 6) is -1.58. The van der Waals surface area contributed by atoms with Crippen molar-refractivity contribution in [3.05, 3.63) is 23.8 Å². The topological polar surface area (TPSA) is 83.6 Å². The minimum Gasteiger partial charge on any atom is -0.504 e. The molecule has 0 bridgehead atoms. The number of primary amides is 1. The maximum Gasteiger partial charge on any atom is 0.252 e. The molecule has 4 N–H and O–H groups in total. The van der Waals surface area contributed by atoms with Crippen molar-refractivity contribution in [3.8, 4) is 11.5 Å². The first-order valence-electron chi connectivity index (χ1n) is 2.93. The maximum atomic E-state index is 10.5. The summed E-state index contributed by atoms with van der Waals surface area (Å²) in [5.41, 5.74) is 4.79. The van der Waals surface area contributed by atoms with Gasteiger partial charge in [0, 0.05) is 0 Å². The molecule has 0 heterocycles. The fourth-order valence-electron chi connectivity index (χ4n) is 0.730. The normalized spacial score (nSPS) is 8.67. The number of halogens is 1. The zero-order valence-electron chi connectivity index (χ0n) is 6.02. The standard InChI is InChI=1S/C7H7NO3.ClH/c8-7(11)4-2-1-3-5(9)6(4)10;/h1-3,9-10H,(H2,8,11);1H.